The predicted molar refractivity (Wildman–Crippen MR) is 245 cm³/mol. The van der Waals surface area contributed by atoms with E-state index in [1.54, 1.807) is 6.08 Å². The Labute approximate surface area is 350 Å². The van der Waals surface area contributed by atoms with Gasteiger partial charge in [-0.15, -0.1) is 0 Å². The van der Waals surface area contributed by atoms with Crippen molar-refractivity contribution in [2.75, 3.05) is 6.61 Å². The number of aliphatic hydroxyl groups excluding tert-OH is 3. The van der Waals surface area contributed by atoms with Crippen LogP contribution in [0.2, 0.25) is 0 Å². The van der Waals surface area contributed by atoms with Crippen LogP contribution in [-0.4, -0.2) is 46.1 Å². The van der Waals surface area contributed by atoms with Crippen molar-refractivity contribution >= 4 is 5.91 Å². The molecule has 5 heteroatoms. The van der Waals surface area contributed by atoms with E-state index in [0.717, 1.165) is 38.5 Å². The van der Waals surface area contributed by atoms with Gasteiger partial charge in [-0.25, -0.2) is 0 Å². The first-order valence-corrected chi connectivity index (χ1v) is 25.1. The minimum Gasteiger partial charge on any atom is -0.394 e. The molecule has 0 saturated carbocycles. The van der Waals surface area contributed by atoms with Gasteiger partial charge < -0.3 is 20.6 Å². The van der Waals surface area contributed by atoms with Gasteiger partial charge in [0.25, 0.3) is 0 Å². The first kappa shape index (κ1) is 54.8. The van der Waals surface area contributed by atoms with Crippen LogP contribution in [0.4, 0.5) is 0 Å². The van der Waals surface area contributed by atoms with E-state index in [2.05, 4.69) is 31.3 Å². The Morgan fingerprint density at radius 2 is 0.750 bits per heavy atom. The zero-order chi connectivity index (χ0) is 40.8. The highest BCUT2D eigenvalue weighted by Crippen LogP contribution is 2.16. The van der Waals surface area contributed by atoms with Crippen molar-refractivity contribution < 1.29 is 20.1 Å². The number of hydrogen-bond donors (Lipinski definition) is 4. The Balaban J connectivity index is 3.62. The fourth-order valence-corrected chi connectivity index (χ4v) is 7.87. The highest BCUT2D eigenvalue weighted by atomic mass is 16.3. The third-order valence-electron chi connectivity index (χ3n) is 11.7. The lowest BCUT2D eigenvalue weighted by atomic mass is 10.0. The maximum Gasteiger partial charge on any atom is 0.222 e. The van der Waals surface area contributed by atoms with Crippen LogP contribution in [0.25, 0.3) is 0 Å². The SMILES string of the molecule is CCCCCCCCCCCCCC/C=C\CCCCCCCC(O)CC(=O)NC(CO)C(O)/C=C/CCCCCCCCCCCCCCCCCCCC. The Morgan fingerprint density at radius 3 is 1.09 bits per heavy atom. The lowest BCUT2D eigenvalue weighted by Crippen LogP contribution is -2.45. The second-order valence-electron chi connectivity index (χ2n) is 17.4. The number of amides is 1. The quantitative estimate of drug-likeness (QED) is 0.0365. The predicted octanol–water partition coefficient (Wildman–Crippen LogP) is 14.9. The molecule has 0 heterocycles. The molecule has 0 spiro atoms. The summed E-state index contributed by atoms with van der Waals surface area (Å²) in [6, 6.07) is -0.746. The van der Waals surface area contributed by atoms with Crippen LogP contribution < -0.4 is 5.32 Å². The zero-order valence-electron chi connectivity index (χ0n) is 37.8. The highest BCUT2D eigenvalue weighted by Gasteiger charge is 2.20. The first-order chi connectivity index (χ1) is 27.5. The van der Waals surface area contributed by atoms with Crippen molar-refractivity contribution in [3.8, 4) is 0 Å². The zero-order valence-corrected chi connectivity index (χ0v) is 37.8. The number of carbonyl (C=O) groups excluding carboxylic acids is 1. The topological polar surface area (TPSA) is 89.8 Å². The van der Waals surface area contributed by atoms with E-state index >= 15 is 0 Å². The average Bonchev–Trinajstić information content (AvgIpc) is 3.19. The van der Waals surface area contributed by atoms with Gasteiger partial charge in [0.15, 0.2) is 0 Å². The van der Waals surface area contributed by atoms with Crippen molar-refractivity contribution in [1.29, 1.82) is 0 Å². The van der Waals surface area contributed by atoms with Gasteiger partial charge in [-0.3, -0.25) is 4.79 Å². The molecule has 1 amide bonds. The molecule has 0 aliphatic rings. The molecule has 0 fully saturated rings. The van der Waals surface area contributed by atoms with E-state index < -0.39 is 18.2 Å². The summed E-state index contributed by atoms with van der Waals surface area (Å²) in [5.74, 6) is -0.317. The van der Waals surface area contributed by atoms with Gasteiger partial charge in [-0.1, -0.05) is 244 Å². The van der Waals surface area contributed by atoms with E-state index in [9.17, 15) is 20.1 Å². The molecule has 5 nitrogen and oxygen atoms in total. The Bertz CT molecular complexity index is 829. The van der Waals surface area contributed by atoms with E-state index in [1.165, 1.54) is 205 Å². The van der Waals surface area contributed by atoms with Crippen LogP contribution in [0.3, 0.4) is 0 Å². The minimum atomic E-state index is -0.930. The fourth-order valence-electron chi connectivity index (χ4n) is 7.87. The molecule has 0 aromatic carbocycles. The summed E-state index contributed by atoms with van der Waals surface area (Å²) in [5, 5.41) is 33.4. The molecule has 0 rings (SSSR count). The summed E-state index contributed by atoms with van der Waals surface area (Å²) in [4.78, 5) is 12.5. The number of nitrogens with one attached hydrogen (secondary N) is 1. The maximum absolute atomic E-state index is 12.5. The summed E-state index contributed by atoms with van der Waals surface area (Å²) >= 11 is 0. The molecule has 56 heavy (non-hydrogen) atoms. The summed E-state index contributed by atoms with van der Waals surface area (Å²) in [5.41, 5.74) is 0. The average molecular weight is 790 g/mol. The summed E-state index contributed by atoms with van der Waals surface area (Å²) in [7, 11) is 0. The second kappa shape index (κ2) is 46.5. The molecule has 3 unspecified atom stereocenters. The van der Waals surface area contributed by atoms with Crippen molar-refractivity contribution in [3.05, 3.63) is 24.3 Å². The largest absolute Gasteiger partial charge is 0.394 e. The van der Waals surface area contributed by atoms with Gasteiger partial charge in [-0.2, -0.15) is 0 Å². The van der Waals surface area contributed by atoms with Crippen molar-refractivity contribution in [3.63, 3.8) is 0 Å². The molecule has 4 N–H and O–H groups in total. The number of unbranched alkanes of at least 4 members (excludes halogenated alkanes) is 35. The molecule has 0 aliphatic heterocycles. The molecule has 3 atom stereocenters. The molecule has 0 bridgehead atoms. The summed E-state index contributed by atoms with van der Waals surface area (Å²) in [6.07, 6.45) is 57.7. The van der Waals surface area contributed by atoms with E-state index in [0.29, 0.717) is 6.42 Å². The molecule has 0 radical (unpaired) electrons. The van der Waals surface area contributed by atoms with Crippen LogP contribution in [-0.2, 0) is 4.79 Å². The summed E-state index contributed by atoms with van der Waals surface area (Å²) in [6.45, 7) is 4.24. The van der Waals surface area contributed by atoms with E-state index in [4.69, 9.17) is 0 Å². The number of hydrogen-bond acceptors (Lipinski definition) is 4. The van der Waals surface area contributed by atoms with Gasteiger partial charge in [0.2, 0.25) is 5.91 Å². The Morgan fingerprint density at radius 1 is 0.446 bits per heavy atom. The van der Waals surface area contributed by atoms with E-state index in [1.807, 2.05) is 6.08 Å². The second-order valence-corrected chi connectivity index (χ2v) is 17.4. The first-order valence-electron chi connectivity index (χ1n) is 25.1. The number of allylic oxidation sites excluding steroid dienone is 3. The van der Waals surface area contributed by atoms with Gasteiger partial charge in [-0.05, 0) is 44.9 Å². The maximum atomic E-state index is 12.5. The fraction of sp³-hybridized carbons (Fsp3) is 0.902. The van der Waals surface area contributed by atoms with Crippen LogP contribution >= 0.6 is 0 Å². The molecule has 0 aliphatic carbocycles. The Hall–Kier alpha value is -1.17. The van der Waals surface area contributed by atoms with Crippen molar-refractivity contribution in [2.45, 2.75) is 289 Å². The molecule has 0 aromatic rings. The standard InChI is InChI=1S/C51H99NO4/c1-3-5-7-9-11-13-15-17-19-21-23-25-26-28-30-32-34-36-38-40-42-44-48(54)46-51(56)52-49(47-53)50(55)45-43-41-39-37-35-33-31-29-27-24-22-20-18-16-14-12-10-8-6-4-2/h28,30,43,45,48-50,53-55H,3-27,29,31-42,44,46-47H2,1-2H3,(H,52,56)/b30-28-,45-43+. The van der Waals surface area contributed by atoms with Gasteiger partial charge >= 0.3 is 0 Å². The smallest absolute Gasteiger partial charge is 0.222 e. The lowest BCUT2D eigenvalue weighted by molar-refractivity contribution is -0.124. The lowest BCUT2D eigenvalue weighted by Gasteiger charge is -2.21. The van der Waals surface area contributed by atoms with Gasteiger partial charge in [0.1, 0.15) is 0 Å². The number of rotatable bonds is 46. The Kier molecular flexibility index (Phi) is 45.5. The van der Waals surface area contributed by atoms with Crippen LogP contribution in [0.1, 0.15) is 271 Å². The van der Waals surface area contributed by atoms with Crippen molar-refractivity contribution in [2.24, 2.45) is 0 Å². The number of carbonyl (C=O) groups is 1. The molecular weight excluding hydrogens is 691 g/mol. The number of aliphatic hydroxyl groups is 3. The van der Waals surface area contributed by atoms with Crippen LogP contribution in [0, 0.1) is 0 Å². The van der Waals surface area contributed by atoms with Crippen molar-refractivity contribution in [1.82, 2.24) is 5.32 Å². The van der Waals surface area contributed by atoms with Crippen LogP contribution in [0.15, 0.2) is 24.3 Å². The highest BCUT2D eigenvalue weighted by molar-refractivity contribution is 5.76. The molecular formula is C51H99NO4. The van der Waals surface area contributed by atoms with E-state index in [-0.39, 0.29) is 18.9 Å². The molecule has 332 valence electrons. The minimum absolute atomic E-state index is 0.0102. The van der Waals surface area contributed by atoms with Gasteiger partial charge in [0.05, 0.1) is 31.3 Å². The monoisotopic (exact) mass is 790 g/mol. The molecule has 0 aromatic heterocycles. The van der Waals surface area contributed by atoms with Gasteiger partial charge in [0, 0.05) is 0 Å². The van der Waals surface area contributed by atoms with Crippen LogP contribution in [0.5, 0.6) is 0 Å². The summed E-state index contributed by atoms with van der Waals surface area (Å²) < 4.78 is 0. The normalized spacial score (nSPS) is 13.6. The third kappa shape index (κ3) is 42.4. The third-order valence-corrected chi connectivity index (χ3v) is 11.7. The molecule has 0 saturated heterocycles.